The number of aryl methyl sites for hydroxylation is 3. The third-order valence-electron chi connectivity index (χ3n) is 3.83. The Labute approximate surface area is 133 Å². The fourth-order valence-electron chi connectivity index (χ4n) is 2.29. The van der Waals surface area contributed by atoms with E-state index in [1.165, 1.54) is 10.6 Å². The summed E-state index contributed by atoms with van der Waals surface area (Å²) < 4.78 is 33.9. The Balaban J connectivity index is 1.99. The highest BCUT2D eigenvalue weighted by Gasteiger charge is 2.16. The quantitative estimate of drug-likeness (QED) is 0.799. The number of hydrogen-bond donors (Lipinski definition) is 1. The SMILES string of the molecule is Cc1ccc(S(=O)(=O)Nc2ccc3c(c2)oc(=O)n3C)cc1C. The Kier molecular flexibility index (Phi) is 3.52. The first-order chi connectivity index (χ1) is 10.8. The lowest BCUT2D eigenvalue weighted by Gasteiger charge is -2.09. The van der Waals surface area contributed by atoms with Crippen molar-refractivity contribution < 1.29 is 12.8 Å². The van der Waals surface area contributed by atoms with Crippen LogP contribution in [0.1, 0.15) is 11.1 Å². The summed E-state index contributed by atoms with van der Waals surface area (Å²) in [6.07, 6.45) is 0. The monoisotopic (exact) mass is 332 g/mol. The molecule has 1 aromatic heterocycles. The van der Waals surface area contributed by atoms with E-state index in [1.54, 1.807) is 37.4 Å². The molecule has 1 heterocycles. The van der Waals surface area contributed by atoms with E-state index in [4.69, 9.17) is 4.42 Å². The number of oxazole rings is 1. The molecule has 0 radical (unpaired) electrons. The van der Waals surface area contributed by atoms with Crippen LogP contribution in [-0.4, -0.2) is 13.0 Å². The smallest absolute Gasteiger partial charge is 0.408 e. The molecule has 0 unspecified atom stereocenters. The summed E-state index contributed by atoms with van der Waals surface area (Å²) in [6, 6.07) is 9.68. The number of nitrogens with zero attached hydrogens (tertiary/aromatic N) is 1. The van der Waals surface area contributed by atoms with Crippen LogP contribution in [0.15, 0.2) is 50.5 Å². The molecule has 7 heteroatoms. The predicted octanol–water partition coefficient (Wildman–Crippen LogP) is 2.55. The number of benzene rings is 2. The molecular weight excluding hydrogens is 316 g/mol. The summed E-state index contributed by atoms with van der Waals surface area (Å²) in [4.78, 5) is 11.7. The van der Waals surface area contributed by atoms with E-state index >= 15 is 0 Å². The maximum atomic E-state index is 12.5. The number of rotatable bonds is 3. The number of aromatic nitrogens is 1. The van der Waals surface area contributed by atoms with Gasteiger partial charge in [0.15, 0.2) is 5.58 Å². The maximum absolute atomic E-state index is 12.5. The molecule has 0 aliphatic heterocycles. The lowest BCUT2D eigenvalue weighted by Crippen LogP contribution is -2.13. The van der Waals surface area contributed by atoms with Crippen molar-refractivity contribution in [3.63, 3.8) is 0 Å². The minimum atomic E-state index is -3.70. The minimum absolute atomic E-state index is 0.190. The second-order valence-corrected chi connectivity index (χ2v) is 7.14. The zero-order valence-corrected chi connectivity index (χ0v) is 13.8. The minimum Gasteiger partial charge on any atom is -0.408 e. The van der Waals surface area contributed by atoms with Crippen LogP contribution in [0.25, 0.3) is 11.1 Å². The molecule has 0 aliphatic rings. The van der Waals surface area contributed by atoms with Gasteiger partial charge in [-0.1, -0.05) is 6.07 Å². The number of fused-ring (bicyclic) bond motifs is 1. The second kappa shape index (κ2) is 5.27. The zero-order chi connectivity index (χ0) is 16.8. The highest BCUT2D eigenvalue weighted by Crippen LogP contribution is 2.22. The first-order valence-electron chi connectivity index (χ1n) is 6.97. The van der Waals surface area contributed by atoms with E-state index in [2.05, 4.69) is 4.72 Å². The summed E-state index contributed by atoms with van der Waals surface area (Å²) in [7, 11) is -2.11. The van der Waals surface area contributed by atoms with Crippen LogP contribution in [-0.2, 0) is 17.1 Å². The van der Waals surface area contributed by atoms with Crippen molar-refractivity contribution in [2.24, 2.45) is 7.05 Å². The van der Waals surface area contributed by atoms with Crippen LogP contribution in [0.2, 0.25) is 0 Å². The van der Waals surface area contributed by atoms with Gasteiger partial charge in [0.05, 0.1) is 16.1 Å². The van der Waals surface area contributed by atoms with Crippen molar-refractivity contribution in [2.45, 2.75) is 18.7 Å². The Morgan fingerprint density at radius 2 is 1.78 bits per heavy atom. The lowest BCUT2D eigenvalue weighted by molar-refractivity contribution is 0.528. The molecule has 0 atom stereocenters. The van der Waals surface area contributed by atoms with E-state index in [0.29, 0.717) is 16.8 Å². The van der Waals surface area contributed by atoms with Gasteiger partial charge in [0.2, 0.25) is 0 Å². The average molecular weight is 332 g/mol. The summed E-state index contributed by atoms with van der Waals surface area (Å²) >= 11 is 0. The molecule has 0 saturated heterocycles. The molecule has 0 amide bonds. The van der Waals surface area contributed by atoms with Gasteiger partial charge >= 0.3 is 5.76 Å². The van der Waals surface area contributed by atoms with Crippen molar-refractivity contribution in [3.8, 4) is 0 Å². The second-order valence-electron chi connectivity index (χ2n) is 5.46. The first kappa shape index (κ1) is 15.4. The molecular formula is C16H16N2O4S. The lowest BCUT2D eigenvalue weighted by atomic mass is 10.1. The first-order valence-corrected chi connectivity index (χ1v) is 8.46. The molecule has 0 aliphatic carbocycles. The fourth-order valence-corrected chi connectivity index (χ4v) is 3.43. The molecule has 120 valence electrons. The average Bonchev–Trinajstić information content (AvgIpc) is 2.76. The Morgan fingerprint density at radius 1 is 1.04 bits per heavy atom. The molecule has 0 bridgehead atoms. The van der Waals surface area contributed by atoms with Crippen molar-refractivity contribution in [1.82, 2.24) is 4.57 Å². The molecule has 1 N–H and O–H groups in total. The third kappa shape index (κ3) is 2.75. The summed E-state index contributed by atoms with van der Waals surface area (Å²) in [5, 5.41) is 0. The zero-order valence-electron chi connectivity index (χ0n) is 13.0. The topological polar surface area (TPSA) is 81.3 Å². The summed E-state index contributed by atoms with van der Waals surface area (Å²) in [5.41, 5.74) is 3.20. The van der Waals surface area contributed by atoms with Gasteiger partial charge in [-0.2, -0.15) is 0 Å². The van der Waals surface area contributed by atoms with Crippen molar-refractivity contribution in [1.29, 1.82) is 0 Å². The van der Waals surface area contributed by atoms with Crippen molar-refractivity contribution in [2.75, 3.05) is 4.72 Å². The van der Waals surface area contributed by atoms with E-state index < -0.39 is 15.8 Å². The summed E-state index contributed by atoms with van der Waals surface area (Å²) in [5.74, 6) is -0.492. The molecule has 3 aromatic rings. The van der Waals surface area contributed by atoms with E-state index in [0.717, 1.165) is 11.1 Å². The fraction of sp³-hybridized carbons (Fsp3) is 0.188. The van der Waals surface area contributed by atoms with Crippen LogP contribution >= 0.6 is 0 Å². The largest absolute Gasteiger partial charge is 0.419 e. The van der Waals surface area contributed by atoms with Gasteiger partial charge < -0.3 is 4.42 Å². The third-order valence-corrected chi connectivity index (χ3v) is 5.21. The van der Waals surface area contributed by atoms with Gasteiger partial charge in [0.1, 0.15) is 0 Å². The molecule has 23 heavy (non-hydrogen) atoms. The summed E-state index contributed by atoms with van der Waals surface area (Å²) in [6.45, 7) is 3.78. The van der Waals surface area contributed by atoms with Gasteiger partial charge in [-0.3, -0.25) is 9.29 Å². The van der Waals surface area contributed by atoms with Crippen LogP contribution in [0.4, 0.5) is 5.69 Å². The predicted molar refractivity (Wildman–Crippen MR) is 88.2 cm³/mol. The van der Waals surface area contributed by atoms with Gasteiger partial charge in [-0.25, -0.2) is 13.2 Å². The van der Waals surface area contributed by atoms with Crippen LogP contribution in [0.3, 0.4) is 0 Å². The molecule has 3 rings (SSSR count). The van der Waals surface area contributed by atoms with Crippen LogP contribution < -0.4 is 10.5 Å². The highest BCUT2D eigenvalue weighted by atomic mass is 32.2. The van der Waals surface area contributed by atoms with Gasteiger partial charge in [0.25, 0.3) is 10.0 Å². The van der Waals surface area contributed by atoms with E-state index in [1.807, 2.05) is 13.8 Å². The Morgan fingerprint density at radius 3 is 2.48 bits per heavy atom. The van der Waals surface area contributed by atoms with E-state index in [-0.39, 0.29) is 4.90 Å². The van der Waals surface area contributed by atoms with Crippen molar-refractivity contribution >= 4 is 26.8 Å². The van der Waals surface area contributed by atoms with E-state index in [9.17, 15) is 13.2 Å². The van der Waals surface area contributed by atoms with Gasteiger partial charge in [-0.05, 0) is 49.2 Å². The molecule has 0 fully saturated rings. The van der Waals surface area contributed by atoms with Crippen LogP contribution in [0, 0.1) is 13.8 Å². The Bertz CT molecular complexity index is 1060. The molecule has 2 aromatic carbocycles. The van der Waals surface area contributed by atoms with Crippen molar-refractivity contribution in [3.05, 3.63) is 58.1 Å². The highest BCUT2D eigenvalue weighted by molar-refractivity contribution is 7.92. The van der Waals surface area contributed by atoms with Gasteiger partial charge in [0, 0.05) is 13.1 Å². The van der Waals surface area contributed by atoms with Gasteiger partial charge in [-0.15, -0.1) is 0 Å². The number of sulfonamides is 1. The Hall–Kier alpha value is -2.54. The molecule has 0 spiro atoms. The molecule has 6 nitrogen and oxygen atoms in total. The maximum Gasteiger partial charge on any atom is 0.419 e. The molecule has 0 saturated carbocycles. The normalized spacial score (nSPS) is 11.8. The number of nitrogens with one attached hydrogen (secondary N) is 1. The number of anilines is 1. The number of hydrogen-bond acceptors (Lipinski definition) is 4. The van der Waals surface area contributed by atoms with Crippen LogP contribution in [0.5, 0.6) is 0 Å². The standard InChI is InChI=1S/C16H16N2O4S/c1-10-4-6-13(8-11(10)2)23(20,21)17-12-5-7-14-15(9-12)22-16(19)18(14)3/h4-9,17H,1-3H3.